The number of amides is 2. The highest BCUT2D eigenvalue weighted by Gasteiger charge is 2.41. The van der Waals surface area contributed by atoms with Gasteiger partial charge >= 0.3 is 0 Å². The molecule has 0 bridgehead atoms. The number of carbonyl (C=O) groups excluding carboxylic acids is 2. The minimum Gasteiger partial charge on any atom is -0.330 e. The van der Waals surface area contributed by atoms with E-state index in [9.17, 15) is 9.59 Å². The lowest BCUT2D eigenvalue weighted by Gasteiger charge is -2.34. The first-order valence-corrected chi connectivity index (χ1v) is 8.49. The Hall–Kier alpha value is -1.30. The third kappa shape index (κ3) is 4.83. The van der Waals surface area contributed by atoms with Crippen LogP contribution in [0.25, 0.3) is 0 Å². The first-order valence-electron chi connectivity index (χ1n) is 7.74. The normalized spacial score (nSPS) is 17.2. The summed E-state index contributed by atoms with van der Waals surface area (Å²) < 4.78 is -1.35. The average Bonchev–Trinajstić information content (AvgIpc) is 2.51. The van der Waals surface area contributed by atoms with Gasteiger partial charge in [0.15, 0.2) is 4.33 Å². The van der Waals surface area contributed by atoms with Crippen LogP contribution in [0.1, 0.15) is 32.1 Å². The fourth-order valence-corrected chi connectivity index (χ4v) is 2.96. The SMILES string of the molecule is NCCCCC(=O)Nc1ccc(N2CCCC(Cl)(Cl)C2=O)cc1. The van der Waals surface area contributed by atoms with Crippen molar-refractivity contribution < 1.29 is 9.59 Å². The molecule has 0 saturated carbocycles. The molecule has 126 valence electrons. The van der Waals surface area contributed by atoms with Crippen molar-refractivity contribution in [2.75, 3.05) is 23.3 Å². The summed E-state index contributed by atoms with van der Waals surface area (Å²) in [5.74, 6) is -0.341. The first-order chi connectivity index (χ1) is 10.9. The molecule has 1 aliphatic rings. The summed E-state index contributed by atoms with van der Waals surface area (Å²) in [6.45, 7) is 1.18. The van der Waals surface area contributed by atoms with E-state index in [-0.39, 0.29) is 11.8 Å². The predicted molar refractivity (Wildman–Crippen MR) is 94.0 cm³/mol. The maximum atomic E-state index is 12.2. The molecule has 0 aromatic heterocycles. The molecule has 7 heteroatoms. The number of hydrogen-bond donors (Lipinski definition) is 2. The van der Waals surface area contributed by atoms with Crippen LogP contribution < -0.4 is 16.0 Å². The van der Waals surface area contributed by atoms with Crippen LogP contribution >= 0.6 is 23.2 Å². The van der Waals surface area contributed by atoms with Gasteiger partial charge in [-0.15, -0.1) is 0 Å². The first kappa shape index (κ1) is 18.0. The Morgan fingerprint density at radius 1 is 1.26 bits per heavy atom. The van der Waals surface area contributed by atoms with Crippen molar-refractivity contribution in [2.24, 2.45) is 5.73 Å². The second-order valence-electron chi connectivity index (χ2n) is 5.61. The number of piperidine rings is 1. The summed E-state index contributed by atoms with van der Waals surface area (Å²) in [6, 6.07) is 7.09. The van der Waals surface area contributed by atoms with Gasteiger partial charge in [0.25, 0.3) is 5.91 Å². The number of unbranched alkanes of at least 4 members (excludes halogenated alkanes) is 1. The zero-order valence-electron chi connectivity index (χ0n) is 12.9. The van der Waals surface area contributed by atoms with E-state index in [1.165, 1.54) is 0 Å². The van der Waals surface area contributed by atoms with Gasteiger partial charge in [-0.1, -0.05) is 23.2 Å². The van der Waals surface area contributed by atoms with Crippen LogP contribution in [0.3, 0.4) is 0 Å². The van der Waals surface area contributed by atoms with Gasteiger partial charge in [0, 0.05) is 24.3 Å². The van der Waals surface area contributed by atoms with Gasteiger partial charge in [-0.05, 0) is 56.5 Å². The van der Waals surface area contributed by atoms with E-state index in [0.717, 1.165) is 24.9 Å². The van der Waals surface area contributed by atoms with Gasteiger partial charge in [0.05, 0.1) is 0 Å². The van der Waals surface area contributed by atoms with Crippen LogP contribution in [0, 0.1) is 0 Å². The number of carbonyl (C=O) groups is 2. The molecular weight excluding hydrogens is 337 g/mol. The van der Waals surface area contributed by atoms with Crippen molar-refractivity contribution in [1.82, 2.24) is 0 Å². The minimum atomic E-state index is -1.35. The van der Waals surface area contributed by atoms with Gasteiger partial charge in [-0.2, -0.15) is 0 Å². The van der Waals surface area contributed by atoms with Gasteiger partial charge in [-0.3, -0.25) is 9.59 Å². The number of benzene rings is 1. The summed E-state index contributed by atoms with van der Waals surface area (Å²) in [6.07, 6.45) is 3.27. The molecule has 1 aromatic carbocycles. The van der Waals surface area contributed by atoms with Crippen molar-refractivity contribution in [3.63, 3.8) is 0 Å². The lowest BCUT2D eigenvalue weighted by molar-refractivity contribution is -0.120. The monoisotopic (exact) mass is 357 g/mol. The molecule has 5 nitrogen and oxygen atoms in total. The zero-order valence-corrected chi connectivity index (χ0v) is 14.4. The summed E-state index contributed by atoms with van der Waals surface area (Å²) in [5, 5.41) is 2.82. The van der Waals surface area contributed by atoms with Crippen molar-refractivity contribution in [3.8, 4) is 0 Å². The van der Waals surface area contributed by atoms with Crippen molar-refractivity contribution in [1.29, 1.82) is 0 Å². The van der Waals surface area contributed by atoms with Gasteiger partial charge < -0.3 is 16.0 Å². The maximum Gasteiger partial charge on any atom is 0.263 e. The summed E-state index contributed by atoms with van der Waals surface area (Å²) in [4.78, 5) is 25.6. The lowest BCUT2D eigenvalue weighted by atomic mass is 10.1. The van der Waals surface area contributed by atoms with Gasteiger partial charge in [0.1, 0.15) is 0 Å². The Labute approximate surface area is 146 Å². The molecule has 3 N–H and O–H groups in total. The zero-order chi connectivity index (χ0) is 16.9. The van der Waals surface area contributed by atoms with Crippen molar-refractivity contribution in [2.45, 2.75) is 36.4 Å². The largest absolute Gasteiger partial charge is 0.330 e. The maximum absolute atomic E-state index is 12.2. The lowest BCUT2D eigenvalue weighted by Crippen LogP contribution is -2.47. The molecule has 1 aromatic rings. The highest BCUT2D eigenvalue weighted by Crippen LogP contribution is 2.35. The molecule has 1 aliphatic heterocycles. The predicted octanol–water partition coefficient (Wildman–Crippen LogP) is 3.05. The second-order valence-corrected chi connectivity index (χ2v) is 7.09. The second kappa shape index (κ2) is 7.99. The molecule has 0 aliphatic carbocycles. The average molecular weight is 358 g/mol. The molecule has 0 radical (unpaired) electrons. The number of halogens is 2. The molecule has 2 rings (SSSR count). The Bertz CT molecular complexity index is 561. The minimum absolute atomic E-state index is 0.0409. The number of anilines is 2. The number of rotatable bonds is 6. The van der Waals surface area contributed by atoms with Crippen LogP contribution in [-0.2, 0) is 9.59 Å². The highest BCUT2D eigenvalue weighted by molar-refractivity contribution is 6.59. The molecule has 1 heterocycles. The van der Waals surface area contributed by atoms with Crippen LogP contribution in [0.15, 0.2) is 24.3 Å². The van der Waals surface area contributed by atoms with Gasteiger partial charge in [0.2, 0.25) is 5.91 Å². The van der Waals surface area contributed by atoms with E-state index in [2.05, 4.69) is 5.32 Å². The third-order valence-corrected chi connectivity index (χ3v) is 4.45. The van der Waals surface area contributed by atoms with E-state index < -0.39 is 4.33 Å². The van der Waals surface area contributed by atoms with E-state index >= 15 is 0 Å². The molecule has 1 saturated heterocycles. The number of alkyl halides is 2. The Kier molecular flexibility index (Phi) is 6.27. The fourth-order valence-electron chi connectivity index (χ4n) is 2.49. The number of nitrogens with two attached hydrogens (primary N) is 1. The van der Waals surface area contributed by atoms with Crippen molar-refractivity contribution >= 4 is 46.4 Å². The van der Waals surface area contributed by atoms with Crippen LogP contribution in [-0.4, -0.2) is 29.2 Å². The topological polar surface area (TPSA) is 75.4 Å². The van der Waals surface area contributed by atoms with Crippen molar-refractivity contribution in [3.05, 3.63) is 24.3 Å². The Balaban J connectivity index is 1.97. The van der Waals surface area contributed by atoms with E-state index in [1.54, 1.807) is 29.2 Å². The third-order valence-electron chi connectivity index (χ3n) is 3.75. The fraction of sp³-hybridized carbons (Fsp3) is 0.500. The molecule has 0 spiro atoms. The Morgan fingerprint density at radius 3 is 2.61 bits per heavy atom. The molecule has 1 fully saturated rings. The van der Waals surface area contributed by atoms with E-state index in [1.807, 2.05) is 0 Å². The summed E-state index contributed by atoms with van der Waals surface area (Å²) in [7, 11) is 0. The summed E-state index contributed by atoms with van der Waals surface area (Å²) >= 11 is 12.1. The molecule has 0 unspecified atom stereocenters. The van der Waals surface area contributed by atoms with E-state index in [0.29, 0.717) is 31.6 Å². The molecular formula is C16H21Cl2N3O2. The van der Waals surface area contributed by atoms with Gasteiger partial charge in [-0.25, -0.2) is 0 Å². The number of nitrogens with one attached hydrogen (secondary N) is 1. The van der Waals surface area contributed by atoms with Crippen LogP contribution in [0.4, 0.5) is 11.4 Å². The molecule has 2 amide bonds. The summed E-state index contributed by atoms with van der Waals surface area (Å²) in [5.41, 5.74) is 6.82. The highest BCUT2D eigenvalue weighted by atomic mass is 35.5. The van der Waals surface area contributed by atoms with E-state index in [4.69, 9.17) is 28.9 Å². The number of hydrogen-bond acceptors (Lipinski definition) is 3. The van der Waals surface area contributed by atoms with Crippen LogP contribution in [0.5, 0.6) is 0 Å². The molecule has 0 atom stereocenters. The quantitative estimate of drug-likeness (QED) is 0.606. The standard InChI is InChI=1S/C16H21Cl2N3O2/c17-16(18)9-3-11-21(15(16)23)13-7-5-12(6-8-13)20-14(22)4-1-2-10-19/h5-8H,1-4,9-11,19H2,(H,20,22). The van der Waals surface area contributed by atoms with Crippen LogP contribution in [0.2, 0.25) is 0 Å². The molecule has 23 heavy (non-hydrogen) atoms. The number of nitrogens with zero attached hydrogens (tertiary/aromatic N) is 1. The Morgan fingerprint density at radius 2 is 1.96 bits per heavy atom. The smallest absolute Gasteiger partial charge is 0.263 e.